The SMILES string of the molecule is COc1ncccc1C(=O)NCCCn1cnc2ccccc21. The molecule has 6 heteroatoms. The average Bonchev–Trinajstić information content (AvgIpc) is 3.01. The van der Waals surface area contributed by atoms with Crippen molar-refractivity contribution in [1.29, 1.82) is 0 Å². The van der Waals surface area contributed by atoms with E-state index in [0.717, 1.165) is 24.0 Å². The predicted octanol–water partition coefficient (Wildman–Crippen LogP) is 2.26. The van der Waals surface area contributed by atoms with Gasteiger partial charge >= 0.3 is 0 Å². The molecule has 0 saturated carbocycles. The van der Waals surface area contributed by atoms with Gasteiger partial charge in [0.25, 0.3) is 5.91 Å². The van der Waals surface area contributed by atoms with E-state index in [1.807, 2.05) is 30.6 Å². The van der Waals surface area contributed by atoms with Gasteiger partial charge in [0.05, 0.1) is 24.5 Å². The van der Waals surface area contributed by atoms with E-state index in [4.69, 9.17) is 4.74 Å². The fourth-order valence-electron chi connectivity index (χ4n) is 2.46. The van der Waals surface area contributed by atoms with Crippen LogP contribution in [0.3, 0.4) is 0 Å². The molecule has 1 aromatic carbocycles. The zero-order chi connectivity index (χ0) is 16.1. The van der Waals surface area contributed by atoms with Gasteiger partial charge in [0.1, 0.15) is 5.56 Å². The third kappa shape index (κ3) is 3.31. The van der Waals surface area contributed by atoms with E-state index in [0.29, 0.717) is 18.0 Å². The minimum absolute atomic E-state index is 0.176. The van der Waals surface area contributed by atoms with Crippen molar-refractivity contribution < 1.29 is 9.53 Å². The summed E-state index contributed by atoms with van der Waals surface area (Å²) >= 11 is 0. The number of para-hydroxylation sites is 2. The van der Waals surface area contributed by atoms with Crippen LogP contribution in [0.15, 0.2) is 48.9 Å². The molecule has 0 aliphatic rings. The summed E-state index contributed by atoms with van der Waals surface area (Å²) in [6.07, 6.45) is 4.24. The van der Waals surface area contributed by atoms with E-state index < -0.39 is 0 Å². The second-order valence-electron chi connectivity index (χ2n) is 5.10. The Labute approximate surface area is 134 Å². The molecule has 3 rings (SSSR count). The Morgan fingerprint density at radius 3 is 2.96 bits per heavy atom. The summed E-state index contributed by atoms with van der Waals surface area (Å²) in [6, 6.07) is 11.4. The molecule has 0 aliphatic carbocycles. The molecule has 0 aliphatic heterocycles. The molecule has 2 aromatic heterocycles. The monoisotopic (exact) mass is 310 g/mol. The number of aromatic nitrogens is 3. The number of aryl methyl sites for hydroxylation is 1. The highest BCUT2D eigenvalue weighted by Crippen LogP contribution is 2.14. The minimum Gasteiger partial charge on any atom is -0.480 e. The maximum atomic E-state index is 12.1. The molecule has 1 N–H and O–H groups in total. The topological polar surface area (TPSA) is 69.0 Å². The van der Waals surface area contributed by atoms with Gasteiger partial charge in [0.15, 0.2) is 0 Å². The van der Waals surface area contributed by atoms with Crippen LogP contribution in [-0.4, -0.2) is 34.1 Å². The third-order valence-electron chi connectivity index (χ3n) is 3.60. The number of benzene rings is 1. The van der Waals surface area contributed by atoms with E-state index in [-0.39, 0.29) is 5.91 Å². The van der Waals surface area contributed by atoms with Gasteiger partial charge < -0.3 is 14.6 Å². The number of imidazole rings is 1. The molecule has 6 nitrogen and oxygen atoms in total. The van der Waals surface area contributed by atoms with Crippen molar-refractivity contribution in [3.05, 3.63) is 54.5 Å². The lowest BCUT2D eigenvalue weighted by atomic mass is 10.2. The van der Waals surface area contributed by atoms with Gasteiger partial charge in [-0.2, -0.15) is 0 Å². The normalized spacial score (nSPS) is 10.7. The van der Waals surface area contributed by atoms with Gasteiger partial charge in [0.2, 0.25) is 5.88 Å². The van der Waals surface area contributed by atoms with E-state index >= 15 is 0 Å². The van der Waals surface area contributed by atoms with Gasteiger partial charge in [-0.3, -0.25) is 4.79 Å². The van der Waals surface area contributed by atoms with Gasteiger partial charge in [-0.1, -0.05) is 12.1 Å². The quantitative estimate of drug-likeness (QED) is 0.709. The van der Waals surface area contributed by atoms with Crippen molar-refractivity contribution in [1.82, 2.24) is 19.9 Å². The first-order valence-corrected chi connectivity index (χ1v) is 7.46. The fourth-order valence-corrected chi connectivity index (χ4v) is 2.46. The maximum Gasteiger partial charge on any atom is 0.256 e. The summed E-state index contributed by atoms with van der Waals surface area (Å²) in [6.45, 7) is 1.37. The molecule has 3 aromatic rings. The smallest absolute Gasteiger partial charge is 0.256 e. The van der Waals surface area contributed by atoms with Crippen LogP contribution in [0.1, 0.15) is 16.8 Å². The molecule has 23 heavy (non-hydrogen) atoms. The lowest BCUT2D eigenvalue weighted by molar-refractivity contribution is 0.0949. The third-order valence-corrected chi connectivity index (χ3v) is 3.60. The molecule has 0 fully saturated rings. The molecule has 0 radical (unpaired) electrons. The van der Waals surface area contributed by atoms with Gasteiger partial charge in [-0.25, -0.2) is 9.97 Å². The standard InChI is InChI=1S/C17H18N4O2/c1-23-17-13(6-4-9-19-17)16(22)18-10-5-11-21-12-20-14-7-2-3-8-15(14)21/h2-4,6-9,12H,5,10-11H2,1H3,(H,18,22). The minimum atomic E-state index is -0.176. The number of fused-ring (bicyclic) bond motifs is 1. The van der Waals surface area contributed by atoms with Crippen LogP contribution in [0.25, 0.3) is 11.0 Å². The first-order chi connectivity index (χ1) is 11.3. The number of nitrogens with one attached hydrogen (secondary N) is 1. The van der Waals surface area contributed by atoms with Crippen LogP contribution in [-0.2, 0) is 6.54 Å². The highest BCUT2D eigenvalue weighted by Gasteiger charge is 2.11. The molecule has 0 unspecified atom stereocenters. The van der Waals surface area contributed by atoms with E-state index in [1.54, 1.807) is 18.3 Å². The largest absolute Gasteiger partial charge is 0.480 e. The number of hydrogen-bond acceptors (Lipinski definition) is 4. The summed E-state index contributed by atoms with van der Waals surface area (Å²) in [4.78, 5) is 20.5. The molecule has 1 amide bonds. The average molecular weight is 310 g/mol. The zero-order valence-corrected chi connectivity index (χ0v) is 12.9. The number of nitrogens with zero attached hydrogens (tertiary/aromatic N) is 3. The van der Waals surface area contributed by atoms with Crippen molar-refractivity contribution in [2.24, 2.45) is 0 Å². The van der Waals surface area contributed by atoms with Crippen LogP contribution in [0.4, 0.5) is 0 Å². The van der Waals surface area contributed by atoms with Gasteiger partial charge in [-0.15, -0.1) is 0 Å². The second-order valence-corrected chi connectivity index (χ2v) is 5.10. The number of methoxy groups -OCH3 is 1. The predicted molar refractivity (Wildman–Crippen MR) is 87.5 cm³/mol. The van der Waals surface area contributed by atoms with Crippen molar-refractivity contribution in [2.75, 3.05) is 13.7 Å². The highest BCUT2D eigenvalue weighted by atomic mass is 16.5. The Morgan fingerprint density at radius 2 is 2.09 bits per heavy atom. The molecule has 0 bridgehead atoms. The number of carbonyl (C=O) groups excluding carboxylic acids is 1. The van der Waals surface area contributed by atoms with Crippen LogP contribution in [0, 0.1) is 0 Å². The van der Waals surface area contributed by atoms with Crippen molar-refractivity contribution in [3.8, 4) is 5.88 Å². The Morgan fingerprint density at radius 1 is 1.22 bits per heavy atom. The van der Waals surface area contributed by atoms with Crippen molar-refractivity contribution >= 4 is 16.9 Å². The number of hydrogen-bond donors (Lipinski definition) is 1. The number of rotatable bonds is 6. The fraction of sp³-hybridized carbons (Fsp3) is 0.235. The first-order valence-electron chi connectivity index (χ1n) is 7.46. The van der Waals surface area contributed by atoms with E-state index in [1.165, 1.54) is 7.11 Å². The molecule has 118 valence electrons. The van der Waals surface area contributed by atoms with Crippen molar-refractivity contribution in [3.63, 3.8) is 0 Å². The van der Waals surface area contributed by atoms with E-state index in [9.17, 15) is 4.79 Å². The zero-order valence-electron chi connectivity index (χ0n) is 12.9. The van der Waals surface area contributed by atoms with Crippen LogP contribution in [0.2, 0.25) is 0 Å². The summed E-state index contributed by atoms with van der Waals surface area (Å²) in [5, 5.41) is 2.89. The second kappa shape index (κ2) is 6.91. The summed E-state index contributed by atoms with van der Waals surface area (Å²) < 4.78 is 7.18. The molecular weight excluding hydrogens is 292 g/mol. The summed E-state index contributed by atoms with van der Waals surface area (Å²) in [7, 11) is 1.50. The summed E-state index contributed by atoms with van der Waals surface area (Å²) in [5.41, 5.74) is 2.53. The maximum absolute atomic E-state index is 12.1. The van der Waals surface area contributed by atoms with Crippen LogP contribution in [0.5, 0.6) is 5.88 Å². The molecule has 0 atom stereocenters. The number of pyridine rings is 1. The summed E-state index contributed by atoms with van der Waals surface area (Å²) in [5.74, 6) is 0.163. The van der Waals surface area contributed by atoms with Crippen LogP contribution >= 0.6 is 0 Å². The molecule has 0 spiro atoms. The van der Waals surface area contributed by atoms with Gasteiger partial charge in [-0.05, 0) is 30.7 Å². The Hall–Kier alpha value is -2.89. The number of ether oxygens (including phenoxy) is 1. The first kappa shape index (κ1) is 15.0. The molecule has 0 saturated heterocycles. The highest BCUT2D eigenvalue weighted by molar-refractivity contribution is 5.96. The van der Waals surface area contributed by atoms with Crippen molar-refractivity contribution in [2.45, 2.75) is 13.0 Å². The van der Waals surface area contributed by atoms with Crippen LogP contribution < -0.4 is 10.1 Å². The van der Waals surface area contributed by atoms with E-state index in [2.05, 4.69) is 19.9 Å². The Kier molecular flexibility index (Phi) is 4.52. The number of amides is 1. The molecular formula is C17H18N4O2. The van der Waals surface area contributed by atoms with Gasteiger partial charge in [0, 0.05) is 19.3 Å². The number of carbonyl (C=O) groups is 1. The molecule has 2 heterocycles. The Balaban J connectivity index is 1.54. The lowest BCUT2D eigenvalue weighted by Crippen LogP contribution is -2.25. The Bertz CT molecular complexity index is 813. The lowest BCUT2D eigenvalue weighted by Gasteiger charge is -2.08.